The number of para-hydroxylation sites is 1. The largest absolute Gasteiger partial charge is 0.492 e. The third-order valence-electron chi connectivity index (χ3n) is 4.39. The van der Waals surface area contributed by atoms with Crippen molar-refractivity contribution in [2.45, 2.75) is 12.8 Å². The Labute approximate surface area is 151 Å². The molecule has 1 N–H and O–H groups in total. The van der Waals surface area contributed by atoms with Gasteiger partial charge in [-0.15, -0.1) is 0 Å². The fourth-order valence-electron chi connectivity index (χ4n) is 2.99. The van der Waals surface area contributed by atoms with Crippen LogP contribution >= 0.6 is 0 Å². The van der Waals surface area contributed by atoms with Gasteiger partial charge in [0.15, 0.2) is 5.82 Å². The number of hydrogen-bond acceptors (Lipinski definition) is 5. The first kappa shape index (κ1) is 16.3. The molecule has 0 radical (unpaired) electrons. The fourth-order valence-corrected chi connectivity index (χ4v) is 2.99. The van der Waals surface area contributed by atoms with E-state index in [2.05, 4.69) is 15.5 Å². The number of nitrogens with one attached hydrogen (secondary N) is 1. The van der Waals surface area contributed by atoms with Crippen molar-refractivity contribution in [2.75, 3.05) is 13.2 Å². The predicted molar refractivity (Wildman–Crippen MR) is 95.6 cm³/mol. The molecule has 0 unspecified atom stereocenters. The summed E-state index contributed by atoms with van der Waals surface area (Å²) in [6.07, 6.45) is 1.22. The molecule has 3 aromatic rings. The molecule has 26 heavy (non-hydrogen) atoms. The predicted octanol–water partition coefficient (Wildman–Crippen LogP) is 2.65. The molecule has 6 heteroatoms. The molecular weight excluding hydrogens is 330 g/mol. The number of rotatable bonds is 5. The fraction of sp³-hybridized carbons (Fsp3) is 0.250. The molecule has 2 heterocycles. The van der Waals surface area contributed by atoms with Crippen molar-refractivity contribution >= 4 is 5.91 Å². The molecular formula is C20H19N3O3. The van der Waals surface area contributed by atoms with Crippen LogP contribution in [0.1, 0.15) is 11.4 Å². The second-order valence-corrected chi connectivity index (χ2v) is 6.24. The number of carbonyl (C=O) groups is 1. The highest BCUT2D eigenvalue weighted by atomic mass is 16.5. The maximum absolute atomic E-state index is 12.4. The molecule has 1 atom stereocenters. The molecule has 1 aliphatic rings. The first-order chi connectivity index (χ1) is 12.8. The maximum atomic E-state index is 12.4. The summed E-state index contributed by atoms with van der Waals surface area (Å²) in [5.74, 6) is 1.76. The van der Waals surface area contributed by atoms with Crippen LogP contribution in [0.15, 0.2) is 59.1 Å². The number of fused-ring (bicyclic) bond motifs is 1. The van der Waals surface area contributed by atoms with Gasteiger partial charge in [-0.3, -0.25) is 4.79 Å². The Morgan fingerprint density at radius 3 is 2.81 bits per heavy atom. The number of benzene rings is 2. The van der Waals surface area contributed by atoms with Gasteiger partial charge in [0, 0.05) is 18.5 Å². The van der Waals surface area contributed by atoms with E-state index < -0.39 is 0 Å². The van der Waals surface area contributed by atoms with Gasteiger partial charge in [0.1, 0.15) is 12.4 Å². The SMILES string of the molecule is O=C(NCCc1noc(-c2ccccc2)n1)[C@@H]1COc2ccccc2C1. The summed E-state index contributed by atoms with van der Waals surface area (Å²) in [5.41, 5.74) is 1.96. The van der Waals surface area contributed by atoms with Crippen LogP contribution < -0.4 is 10.1 Å². The minimum atomic E-state index is -0.171. The molecule has 0 spiro atoms. The van der Waals surface area contributed by atoms with E-state index in [0.29, 0.717) is 37.7 Å². The molecule has 2 aromatic carbocycles. The van der Waals surface area contributed by atoms with Crippen molar-refractivity contribution in [3.63, 3.8) is 0 Å². The zero-order valence-electron chi connectivity index (χ0n) is 14.2. The van der Waals surface area contributed by atoms with Gasteiger partial charge < -0.3 is 14.6 Å². The summed E-state index contributed by atoms with van der Waals surface area (Å²) in [5, 5.41) is 6.91. The number of carbonyl (C=O) groups excluding carboxylic acids is 1. The summed E-state index contributed by atoms with van der Waals surface area (Å²) in [6, 6.07) is 17.4. The molecule has 0 saturated carbocycles. The van der Waals surface area contributed by atoms with Crippen molar-refractivity contribution in [2.24, 2.45) is 5.92 Å². The van der Waals surface area contributed by atoms with E-state index in [0.717, 1.165) is 16.9 Å². The van der Waals surface area contributed by atoms with Crippen LogP contribution in [0, 0.1) is 5.92 Å². The molecule has 0 fully saturated rings. The molecule has 0 saturated heterocycles. The van der Waals surface area contributed by atoms with Gasteiger partial charge in [-0.1, -0.05) is 41.6 Å². The van der Waals surface area contributed by atoms with E-state index in [4.69, 9.17) is 9.26 Å². The summed E-state index contributed by atoms with van der Waals surface area (Å²) in [7, 11) is 0. The first-order valence-corrected chi connectivity index (χ1v) is 8.66. The lowest BCUT2D eigenvalue weighted by atomic mass is 9.96. The van der Waals surface area contributed by atoms with Crippen LogP contribution in [0.25, 0.3) is 11.5 Å². The first-order valence-electron chi connectivity index (χ1n) is 8.66. The molecule has 1 aliphatic heterocycles. The average molecular weight is 349 g/mol. The van der Waals surface area contributed by atoms with Crippen molar-refractivity contribution in [1.29, 1.82) is 0 Å². The van der Waals surface area contributed by atoms with E-state index in [1.165, 1.54) is 0 Å². The van der Waals surface area contributed by atoms with Crippen LogP contribution in [0.3, 0.4) is 0 Å². The van der Waals surface area contributed by atoms with Crippen molar-refractivity contribution in [1.82, 2.24) is 15.5 Å². The molecule has 4 rings (SSSR count). The second kappa shape index (κ2) is 7.39. The Hall–Kier alpha value is -3.15. The van der Waals surface area contributed by atoms with Crippen LogP contribution in [-0.4, -0.2) is 29.2 Å². The van der Waals surface area contributed by atoms with Crippen LogP contribution in [0.4, 0.5) is 0 Å². The highest BCUT2D eigenvalue weighted by molar-refractivity contribution is 5.79. The molecule has 0 aliphatic carbocycles. The molecule has 6 nitrogen and oxygen atoms in total. The van der Waals surface area contributed by atoms with Crippen molar-refractivity contribution < 1.29 is 14.1 Å². The van der Waals surface area contributed by atoms with E-state index in [9.17, 15) is 4.79 Å². The number of ether oxygens (including phenoxy) is 1. The zero-order valence-corrected chi connectivity index (χ0v) is 14.2. The van der Waals surface area contributed by atoms with Gasteiger partial charge in [-0.2, -0.15) is 4.98 Å². The highest BCUT2D eigenvalue weighted by Crippen LogP contribution is 2.26. The van der Waals surface area contributed by atoms with Crippen LogP contribution in [0.5, 0.6) is 5.75 Å². The van der Waals surface area contributed by atoms with Gasteiger partial charge in [0.25, 0.3) is 5.89 Å². The highest BCUT2D eigenvalue weighted by Gasteiger charge is 2.25. The lowest BCUT2D eigenvalue weighted by Gasteiger charge is -2.24. The lowest BCUT2D eigenvalue weighted by molar-refractivity contribution is -0.126. The molecule has 1 aromatic heterocycles. The van der Waals surface area contributed by atoms with Gasteiger partial charge in [0.05, 0.1) is 5.92 Å². The summed E-state index contributed by atoms with van der Waals surface area (Å²) < 4.78 is 10.9. The van der Waals surface area contributed by atoms with Crippen LogP contribution in [-0.2, 0) is 17.6 Å². The van der Waals surface area contributed by atoms with E-state index in [-0.39, 0.29) is 11.8 Å². The number of nitrogens with zero attached hydrogens (tertiary/aromatic N) is 2. The Balaban J connectivity index is 1.29. The lowest BCUT2D eigenvalue weighted by Crippen LogP contribution is -2.38. The minimum absolute atomic E-state index is 0.00807. The van der Waals surface area contributed by atoms with E-state index in [1.54, 1.807) is 0 Å². The summed E-state index contributed by atoms with van der Waals surface area (Å²) in [6.45, 7) is 0.869. The topological polar surface area (TPSA) is 77.3 Å². The van der Waals surface area contributed by atoms with Gasteiger partial charge in [-0.25, -0.2) is 0 Å². The quantitative estimate of drug-likeness (QED) is 0.766. The maximum Gasteiger partial charge on any atom is 0.257 e. The van der Waals surface area contributed by atoms with Gasteiger partial charge in [-0.05, 0) is 30.2 Å². The molecule has 132 valence electrons. The van der Waals surface area contributed by atoms with Crippen LogP contribution in [0.2, 0.25) is 0 Å². The Morgan fingerprint density at radius 2 is 1.92 bits per heavy atom. The molecule has 1 amide bonds. The van der Waals surface area contributed by atoms with Gasteiger partial charge >= 0.3 is 0 Å². The third-order valence-corrected chi connectivity index (χ3v) is 4.39. The second-order valence-electron chi connectivity index (χ2n) is 6.24. The Morgan fingerprint density at radius 1 is 1.12 bits per heavy atom. The average Bonchev–Trinajstić information content (AvgIpc) is 3.17. The Kier molecular flexibility index (Phi) is 4.64. The molecule has 0 bridgehead atoms. The van der Waals surface area contributed by atoms with E-state index in [1.807, 2.05) is 54.6 Å². The number of amides is 1. The van der Waals surface area contributed by atoms with Crippen molar-refractivity contribution in [3.05, 3.63) is 66.0 Å². The monoisotopic (exact) mass is 349 g/mol. The minimum Gasteiger partial charge on any atom is -0.492 e. The van der Waals surface area contributed by atoms with E-state index >= 15 is 0 Å². The standard InChI is InChI=1S/C20H19N3O3/c24-19(16-12-15-8-4-5-9-17(15)25-13-16)21-11-10-18-22-20(26-23-18)14-6-2-1-3-7-14/h1-9,16H,10-13H2,(H,21,24)/t16-/m0/s1. The number of aromatic nitrogens is 2. The van der Waals surface area contributed by atoms with Crippen molar-refractivity contribution in [3.8, 4) is 17.2 Å². The normalized spacial score (nSPS) is 15.8. The summed E-state index contributed by atoms with van der Waals surface area (Å²) >= 11 is 0. The zero-order chi connectivity index (χ0) is 17.8. The number of hydrogen-bond donors (Lipinski definition) is 1. The smallest absolute Gasteiger partial charge is 0.257 e. The van der Waals surface area contributed by atoms with Gasteiger partial charge in [0.2, 0.25) is 5.91 Å². The Bertz CT molecular complexity index is 892. The third kappa shape index (κ3) is 3.59. The summed E-state index contributed by atoms with van der Waals surface area (Å²) in [4.78, 5) is 16.7.